The van der Waals surface area contributed by atoms with Crippen molar-refractivity contribution in [1.29, 1.82) is 0 Å². The molecule has 23 heavy (non-hydrogen) atoms. The third-order valence-electron chi connectivity index (χ3n) is 4.26. The summed E-state index contributed by atoms with van der Waals surface area (Å²) < 4.78 is 4.12. The van der Waals surface area contributed by atoms with Crippen LogP contribution in [0.2, 0.25) is 0 Å². The van der Waals surface area contributed by atoms with Crippen molar-refractivity contribution in [2.75, 3.05) is 0 Å². The molecule has 0 saturated heterocycles. The summed E-state index contributed by atoms with van der Waals surface area (Å²) in [4.78, 5) is 9.14. The van der Waals surface area contributed by atoms with Gasteiger partial charge in [0.05, 0.1) is 5.69 Å². The molecule has 118 valence electrons. The van der Waals surface area contributed by atoms with Gasteiger partial charge in [-0.2, -0.15) is 5.10 Å². The molecule has 1 unspecified atom stereocenters. The Morgan fingerprint density at radius 3 is 2.43 bits per heavy atom. The number of hydrogen-bond donors (Lipinski definition) is 0. The molecule has 0 bridgehead atoms. The Morgan fingerprint density at radius 2 is 1.74 bits per heavy atom. The number of fused-ring (bicyclic) bond motifs is 1. The van der Waals surface area contributed by atoms with Gasteiger partial charge in [-0.15, -0.1) is 10.2 Å². The number of aryl methyl sites for hydroxylation is 4. The molecule has 1 atom stereocenters. The van der Waals surface area contributed by atoms with Crippen LogP contribution < -0.4 is 0 Å². The molecule has 4 heterocycles. The quantitative estimate of drug-likeness (QED) is 0.722. The monoisotopic (exact) mass is 309 g/mol. The number of aromatic nitrogens is 7. The lowest BCUT2D eigenvalue weighted by atomic mass is 10.1. The van der Waals surface area contributed by atoms with Gasteiger partial charge in [0.15, 0.2) is 0 Å². The van der Waals surface area contributed by atoms with Gasteiger partial charge in [0.25, 0.3) is 0 Å². The third kappa shape index (κ3) is 2.32. The smallest absolute Gasteiger partial charge is 0.148 e. The van der Waals surface area contributed by atoms with E-state index >= 15 is 0 Å². The van der Waals surface area contributed by atoms with E-state index in [-0.39, 0.29) is 5.92 Å². The maximum Gasteiger partial charge on any atom is 0.148 e. The molecule has 0 aliphatic carbocycles. The molecule has 7 nitrogen and oxygen atoms in total. The van der Waals surface area contributed by atoms with Crippen LogP contribution in [0.15, 0.2) is 12.1 Å². The first kappa shape index (κ1) is 14.0. The fourth-order valence-corrected chi connectivity index (χ4v) is 3.31. The highest BCUT2D eigenvalue weighted by molar-refractivity contribution is 5.35. The molecule has 0 spiro atoms. The Bertz CT molecular complexity index is 870. The molecule has 0 fully saturated rings. The van der Waals surface area contributed by atoms with Crippen molar-refractivity contribution in [3.8, 4) is 5.69 Å². The minimum atomic E-state index is 0.272. The molecule has 0 amide bonds. The minimum absolute atomic E-state index is 0.272. The summed E-state index contributed by atoms with van der Waals surface area (Å²) in [7, 11) is 0. The van der Waals surface area contributed by atoms with E-state index in [9.17, 15) is 0 Å². The predicted octanol–water partition coefficient (Wildman–Crippen LogP) is 1.83. The van der Waals surface area contributed by atoms with Crippen molar-refractivity contribution in [3.05, 3.63) is 46.8 Å². The average molecular weight is 309 g/mol. The molecule has 0 N–H and O–H groups in total. The van der Waals surface area contributed by atoms with Crippen LogP contribution in [-0.4, -0.2) is 34.5 Å². The molecule has 0 aromatic carbocycles. The van der Waals surface area contributed by atoms with Gasteiger partial charge in [0.2, 0.25) is 0 Å². The second-order valence-electron chi connectivity index (χ2n) is 6.21. The third-order valence-corrected chi connectivity index (χ3v) is 4.26. The summed E-state index contributed by atoms with van der Waals surface area (Å²) in [6.45, 7) is 8.78. The first-order chi connectivity index (χ1) is 11.0. The first-order valence-corrected chi connectivity index (χ1v) is 7.79. The number of nitrogens with zero attached hydrogens (tertiary/aromatic N) is 7. The van der Waals surface area contributed by atoms with E-state index in [0.29, 0.717) is 0 Å². The summed E-state index contributed by atoms with van der Waals surface area (Å²) in [5.74, 6) is 4.03. The van der Waals surface area contributed by atoms with Gasteiger partial charge >= 0.3 is 0 Å². The van der Waals surface area contributed by atoms with Gasteiger partial charge in [0, 0.05) is 30.3 Å². The molecule has 4 rings (SSSR count). The molecule has 7 heteroatoms. The zero-order valence-electron chi connectivity index (χ0n) is 13.8. The van der Waals surface area contributed by atoms with Crippen molar-refractivity contribution in [2.24, 2.45) is 0 Å². The topological polar surface area (TPSA) is 74.3 Å². The van der Waals surface area contributed by atoms with Crippen LogP contribution in [0, 0.1) is 27.7 Å². The van der Waals surface area contributed by atoms with E-state index < -0.39 is 0 Å². The fraction of sp³-hybridized carbons (Fsp3) is 0.438. The summed E-state index contributed by atoms with van der Waals surface area (Å²) in [5.41, 5.74) is 2.99. The van der Waals surface area contributed by atoms with E-state index in [1.165, 1.54) is 0 Å². The lowest BCUT2D eigenvalue weighted by Crippen LogP contribution is -2.12. The van der Waals surface area contributed by atoms with Crippen LogP contribution in [0.5, 0.6) is 0 Å². The van der Waals surface area contributed by atoms with E-state index in [1.807, 2.05) is 44.5 Å². The first-order valence-electron chi connectivity index (χ1n) is 7.79. The Kier molecular flexibility index (Phi) is 3.04. The van der Waals surface area contributed by atoms with Crippen molar-refractivity contribution in [2.45, 2.75) is 46.6 Å². The van der Waals surface area contributed by atoms with Gasteiger partial charge < -0.3 is 4.57 Å². The predicted molar refractivity (Wildman–Crippen MR) is 84.6 cm³/mol. The standard InChI is InChI=1S/C16H19N7/c1-9-5-14(6-10(2)17-9)23-16(18-11(3)21-23)13-7-15-20-19-12(4)22(15)8-13/h5-6,13H,7-8H2,1-4H3. The summed E-state index contributed by atoms with van der Waals surface area (Å²) in [6, 6.07) is 4.09. The van der Waals surface area contributed by atoms with Gasteiger partial charge in [-0.05, 0) is 39.8 Å². The van der Waals surface area contributed by atoms with E-state index in [1.54, 1.807) is 0 Å². The zero-order valence-corrected chi connectivity index (χ0v) is 13.8. The molecule has 0 radical (unpaired) electrons. The number of rotatable bonds is 2. The Hall–Kier alpha value is -2.57. The molecule has 1 aliphatic heterocycles. The van der Waals surface area contributed by atoms with Crippen LogP contribution >= 0.6 is 0 Å². The Morgan fingerprint density at radius 1 is 1.00 bits per heavy atom. The highest BCUT2D eigenvalue weighted by Crippen LogP contribution is 2.29. The van der Waals surface area contributed by atoms with E-state index in [0.717, 1.165) is 53.3 Å². The molecule has 3 aromatic heterocycles. The van der Waals surface area contributed by atoms with E-state index in [4.69, 9.17) is 4.98 Å². The summed E-state index contributed by atoms with van der Waals surface area (Å²) >= 11 is 0. The van der Waals surface area contributed by atoms with Crippen LogP contribution in [0.4, 0.5) is 0 Å². The van der Waals surface area contributed by atoms with Gasteiger partial charge in [-0.25, -0.2) is 9.67 Å². The zero-order chi connectivity index (χ0) is 16.1. The van der Waals surface area contributed by atoms with Crippen LogP contribution in [-0.2, 0) is 13.0 Å². The van der Waals surface area contributed by atoms with Gasteiger partial charge in [-0.1, -0.05) is 0 Å². The maximum atomic E-state index is 4.69. The maximum absolute atomic E-state index is 4.69. The van der Waals surface area contributed by atoms with Crippen molar-refractivity contribution >= 4 is 0 Å². The Labute approximate surface area is 134 Å². The van der Waals surface area contributed by atoms with Crippen molar-refractivity contribution < 1.29 is 0 Å². The highest BCUT2D eigenvalue weighted by atomic mass is 15.4. The number of pyridine rings is 1. The summed E-state index contributed by atoms with van der Waals surface area (Å²) in [6.07, 6.45) is 0.849. The number of hydrogen-bond acceptors (Lipinski definition) is 5. The lowest BCUT2D eigenvalue weighted by Gasteiger charge is -2.12. The van der Waals surface area contributed by atoms with E-state index in [2.05, 4.69) is 24.8 Å². The van der Waals surface area contributed by atoms with Gasteiger partial charge in [0.1, 0.15) is 23.3 Å². The van der Waals surface area contributed by atoms with Crippen LogP contribution in [0.3, 0.4) is 0 Å². The Balaban J connectivity index is 1.76. The average Bonchev–Trinajstić information content (AvgIpc) is 3.14. The SMILES string of the molecule is Cc1cc(-n2nc(C)nc2C2Cc3nnc(C)n3C2)cc(C)n1. The highest BCUT2D eigenvalue weighted by Gasteiger charge is 2.30. The molecule has 0 saturated carbocycles. The van der Waals surface area contributed by atoms with Crippen LogP contribution in [0.1, 0.15) is 40.6 Å². The molecule has 3 aromatic rings. The van der Waals surface area contributed by atoms with Crippen molar-refractivity contribution in [3.63, 3.8) is 0 Å². The summed E-state index contributed by atoms with van der Waals surface area (Å²) in [5, 5.41) is 13.0. The molecular formula is C16H19N7. The molecule has 1 aliphatic rings. The normalized spacial score (nSPS) is 16.8. The molecular weight excluding hydrogens is 290 g/mol. The fourth-order valence-electron chi connectivity index (χ4n) is 3.31. The van der Waals surface area contributed by atoms with Crippen LogP contribution in [0.25, 0.3) is 5.69 Å². The lowest BCUT2D eigenvalue weighted by molar-refractivity contribution is 0.582. The minimum Gasteiger partial charge on any atom is -0.314 e. The van der Waals surface area contributed by atoms with Crippen molar-refractivity contribution in [1.82, 2.24) is 34.5 Å². The second kappa shape index (κ2) is 4.97. The van der Waals surface area contributed by atoms with Gasteiger partial charge in [-0.3, -0.25) is 4.98 Å². The second-order valence-corrected chi connectivity index (χ2v) is 6.21. The largest absolute Gasteiger partial charge is 0.314 e.